The Balaban J connectivity index is 3.10. The minimum Gasteiger partial charge on any atom is -0.385 e. The van der Waals surface area contributed by atoms with Crippen LogP contribution >= 0.6 is 0 Å². The van der Waals surface area contributed by atoms with Crippen molar-refractivity contribution in [2.75, 3.05) is 0 Å². The van der Waals surface area contributed by atoms with Gasteiger partial charge in [-0.25, -0.2) is 0 Å². The molecular weight excluding hydrogens is 162 g/mol. The Bertz CT molecular complexity index is 336. The van der Waals surface area contributed by atoms with Crippen molar-refractivity contribution in [2.24, 2.45) is 0 Å². The number of nitrogens with zero attached hydrogens (tertiary/aromatic N) is 1. The second-order valence-electron chi connectivity index (χ2n) is 3.32. The van der Waals surface area contributed by atoms with Crippen LogP contribution in [0.4, 0.5) is 0 Å². The molecule has 1 N–H and O–H groups in total. The van der Waals surface area contributed by atoms with Gasteiger partial charge in [-0.05, 0) is 31.0 Å². The van der Waals surface area contributed by atoms with Crippen LogP contribution in [-0.4, -0.2) is 5.11 Å². The van der Waals surface area contributed by atoms with Crippen molar-refractivity contribution < 1.29 is 5.11 Å². The summed E-state index contributed by atoms with van der Waals surface area (Å²) in [5.74, 6) is 0. The van der Waals surface area contributed by atoms with Gasteiger partial charge in [0.1, 0.15) is 0 Å². The normalized spacial score (nSPS) is 14.6. The summed E-state index contributed by atoms with van der Waals surface area (Å²) in [6.07, 6.45) is 0.641. The van der Waals surface area contributed by atoms with Gasteiger partial charge in [0.2, 0.25) is 0 Å². The highest BCUT2D eigenvalue weighted by atomic mass is 16.3. The van der Waals surface area contributed by atoms with Crippen molar-refractivity contribution in [3.63, 3.8) is 0 Å². The van der Waals surface area contributed by atoms with E-state index in [0.29, 0.717) is 12.0 Å². The van der Waals surface area contributed by atoms with Gasteiger partial charge in [-0.3, -0.25) is 0 Å². The van der Waals surface area contributed by atoms with E-state index in [1.807, 2.05) is 13.0 Å². The number of hydrogen-bond donors (Lipinski definition) is 1. The fraction of sp³-hybridized carbons (Fsp3) is 0.364. The van der Waals surface area contributed by atoms with Gasteiger partial charge in [0.15, 0.2) is 0 Å². The third-order valence-corrected chi connectivity index (χ3v) is 2.30. The summed E-state index contributed by atoms with van der Waals surface area (Å²) in [4.78, 5) is 0. The quantitative estimate of drug-likeness (QED) is 0.748. The fourth-order valence-electron chi connectivity index (χ4n) is 1.13. The molecule has 2 nitrogen and oxygen atoms in total. The van der Waals surface area contributed by atoms with Gasteiger partial charge in [-0.1, -0.05) is 19.1 Å². The van der Waals surface area contributed by atoms with E-state index < -0.39 is 5.60 Å². The second kappa shape index (κ2) is 3.59. The molecular formula is C11H13NO. The lowest BCUT2D eigenvalue weighted by molar-refractivity contribution is 0.0531. The SMILES string of the molecule is CCC(C)(O)c1cccc(C#N)c1. The van der Waals surface area contributed by atoms with Crippen molar-refractivity contribution in [3.05, 3.63) is 35.4 Å². The van der Waals surface area contributed by atoms with E-state index in [4.69, 9.17) is 5.26 Å². The third-order valence-electron chi connectivity index (χ3n) is 2.30. The van der Waals surface area contributed by atoms with Gasteiger partial charge in [0, 0.05) is 0 Å². The molecule has 0 heterocycles. The lowest BCUT2D eigenvalue weighted by atomic mass is 9.92. The molecule has 0 aliphatic carbocycles. The van der Waals surface area contributed by atoms with E-state index in [1.54, 1.807) is 25.1 Å². The molecule has 0 amide bonds. The van der Waals surface area contributed by atoms with Gasteiger partial charge in [-0.2, -0.15) is 5.26 Å². The summed E-state index contributed by atoms with van der Waals surface area (Å²) >= 11 is 0. The topological polar surface area (TPSA) is 44.0 Å². The van der Waals surface area contributed by atoms with E-state index in [9.17, 15) is 5.11 Å². The molecule has 0 aromatic heterocycles. The highest BCUT2D eigenvalue weighted by molar-refractivity contribution is 5.35. The van der Waals surface area contributed by atoms with Crippen LogP contribution in [0.3, 0.4) is 0 Å². The highest BCUT2D eigenvalue weighted by Crippen LogP contribution is 2.24. The highest BCUT2D eigenvalue weighted by Gasteiger charge is 2.20. The van der Waals surface area contributed by atoms with Gasteiger partial charge in [0.25, 0.3) is 0 Å². The van der Waals surface area contributed by atoms with Crippen molar-refractivity contribution in [1.29, 1.82) is 5.26 Å². The molecule has 0 saturated heterocycles. The molecule has 0 aliphatic rings. The summed E-state index contributed by atoms with van der Waals surface area (Å²) in [6.45, 7) is 3.67. The molecule has 13 heavy (non-hydrogen) atoms. The van der Waals surface area contributed by atoms with Crippen LogP contribution < -0.4 is 0 Å². The minimum absolute atomic E-state index is 0.589. The standard InChI is InChI=1S/C11H13NO/c1-3-11(2,13)10-6-4-5-9(7-10)8-12/h4-7,13H,3H2,1-2H3. The minimum atomic E-state index is -0.827. The van der Waals surface area contributed by atoms with Crippen LogP contribution in [-0.2, 0) is 5.60 Å². The van der Waals surface area contributed by atoms with E-state index in [1.165, 1.54) is 0 Å². The first-order valence-corrected chi connectivity index (χ1v) is 4.33. The monoisotopic (exact) mass is 175 g/mol. The lowest BCUT2D eigenvalue weighted by Crippen LogP contribution is -2.19. The second-order valence-corrected chi connectivity index (χ2v) is 3.32. The van der Waals surface area contributed by atoms with E-state index >= 15 is 0 Å². The van der Waals surface area contributed by atoms with Gasteiger partial charge < -0.3 is 5.11 Å². The molecule has 0 fully saturated rings. The summed E-state index contributed by atoms with van der Waals surface area (Å²) in [7, 11) is 0. The zero-order valence-corrected chi connectivity index (χ0v) is 7.91. The Morgan fingerprint density at radius 1 is 1.54 bits per heavy atom. The van der Waals surface area contributed by atoms with Crippen molar-refractivity contribution in [1.82, 2.24) is 0 Å². The lowest BCUT2D eigenvalue weighted by Gasteiger charge is -2.21. The largest absolute Gasteiger partial charge is 0.385 e. The Morgan fingerprint density at radius 3 is 2.77 bits per heavy atom. The molecule has 0 radical (unpaired) electrons. The number of rotatable bonds is 2. The average Bonchev–Trinajstić information content (AvgIpc) is 2.18. The Hall–Kier alpha value is -1.33. The summed E-state index contributed by atoms with van der Waals surface area (Å²) < 4.78 is 0. The molecule has 0 aliphatic heterocycles. The van der Waals surface area contributed by atoms with Crippen molar-refractivity contribution in [2.45, 2.75) is 25.9 Å². The smallest absolute Gasteiger partial charge is 0.0991 e. The van der Waals surface area contributed by atoms with Crippen LogP contribution in [0.5, 0.6) is 0 Å². The van der Waals surface area contributed by atoms with Crippen LogP contribution in [0.15, 0.2) is 24.3 Å². The van der Waals surface area contributed by atoms with Crippen molar-refractivity contribution in [3.8, 4) is 6.07 Å². The maximum Gasteiger partial charge on any atom is 0.0991 e. The molecule has 0 spiro atoms. The van der Waals surface area contributed by atoms with Crippen LogP contribution in [0.25, 0.3) is 0 Å². The number of nitriles is 1. The summed E-state index contributed by atoms with van der Waals surface area (Å²) in [5.41, 5.74) is 0.563. The van der Waals surface area contributed by atoms with E-state index in [2.05, 4.69) is 6.07 Å². The van der Waals surface area contributed by atoms with Crippen LogP contribution in [0.2, 0.25) is 0 Å². The summed E-state index contributed by atoms with van der Waals surface area (Å²) in [6, 6.07) is 9.14. The Labute approximate surface area is 78.4 Å². The Kier molecular flexibility index (Phi) is 2.69. The van der Waals surface area contributed by atoms with Crippen LogP contribution in [0, 0.1) is 11.3 Å². The maximum atomic E-state index is 9.91. The first kappa shape index (κ1) is 9.76. The number of benzene rings is 1. The number of aliphatic hydroxyl groups is 1. The predicted octanol–water partition coefficient (Wildman–Crippen LogP) is 2.18. The average molecular weight is 175 g/mol. The van der Waals surface area contributed by atoms with Gasteiger partial charge in [-0.15, -0.1) is 0 Å². The number of hydrogen-bond acceptors (Lipinski definition) is 2. The van der Waals surface area contributed by atoms with Crippen LogP contribution in [0.1, 0.15) is 31.4 Å². The predicted molar refractivity (Wildman–Crippen MR) is 51.0 cm³/mol. The van der Waals surface area contributed by atoms with E-state index in [-0.39, 0.29) is 0 Å². The first-order valence-electron chi connectivity index (χ1n) is 4.33. The zero-order valence-electron chi connectivity index (χ0n) is 7.91. The first-order chi connectivity index (χ1) is 6.10. The fourth-order valence-corrected chi connectivity index (χ4v) is 1.13. The molecule has 2 heteroatoms. The van der Waals surface area contributed by atoms with E-state index in [0.717, 1.165) is 5.56 Å². The Morgan fingerprint density at radius 2 is 2.23 bits per heavy atom. The summed E-state index contributed by atoms with van der Waals surface area (Å²) in [5, 5.41) is 18.6. The zero-order chi connectivity index (χ0) is 9.90. The van der Waals surface area contributed by atoms with Crippen molar-refractivity contribution >= 4 is 0 Å². The molecule has 0 saturated carbocycles. The third kappa shape index (κ3) is 2.07. The molecule has 0 bridgehead atoms. The molecule has 1 unspecified atom stereocenters. The molecule has 1 aromatic rings. The molecule has 1 aromatic carbocycles. The molecule has 1 atom stereocenters. The van der Waals surface area contributed by atoms with Gasteiger partial charge >= 0.3 is 0 Å². The maximum absolute atomic E-state index is 9.91. The van der Waals surface area contributed by atoms with Gasteiger partial charge in [0.05, 0.1) is 17.2 Å². The molecule has 1 rings (SSSR count). The molecule has 68 valence electrons.